The van der Waals surface area contributed by atoms with Crippen LogP contribution in [-0.4, -0.2) is 23.2 Å². The van der Waals surface area contributed by atoms with Crippen molar-refractivity contribution in [1.82, 2.24) is 10.3 Å². The van der Waals surface area contributed by atoms with Gasteiger partial charge in [-0.15, -0.1) is 0 Å². The summed E-state index contributed by atoms with van der Waals surface area (Å²) < 4.78 is 5.94. The number of anilines is 3. The third-order valence-electron chi connectivity index (χ3n) is 4.55. The van der Waals surface area contributed by atoms with Crippen molar-refractivity contribution in [3.63, 3.8) is 0 Å². The molecule has 3 N–H and O–H groups in total. The van der Waals surface area contributed by atoms with Crippen LogP contribution < -0.4 is 20.7 Å². The zero-order chi connectivity index (χ0) is 19.7. The Morgan fingerprint density at radius 1 is 1.18 bits per heavy atom. The van der Waals surface area contributed by atoms with Gasteiger partial charge in [-0.25, -0.2) is 9.78 Å². The number of ether oxygens (including phenoxy) is 1. The maximum atomic E-state index is 11.9. The van der Waals surface area contributed by atoms with Crippen LogP contribution in [0, 0.1) is 0 Å². The molecule has 0 radical (unpaired) electrons. The maximum Gasteiger partial charge on any atom is 0.319 e. The minimum atomic E-state index is -0.215. The minimum absolute atomic E-state index is 0.0853. The monoisotopic (exact) mass is 376 g/mol. The lowest BCUT2D eigenvalue weighted by Crippen LogP contribution is -2.34. The molecular weight excluding hydrogens is 352 g/mol. The van der Waals surface area contributed by atoms with E-state index in [1.54, 1.807) is 0 Å². The van der Waals surface area contributed by atoms with E-state index in [1.807, 2.05) is 56.3 Å². The van der Waals surface area contributed by atoms with E-state index in [1.165, 1.54) is 5.56 Å². The van der Waals surface area contributed by atoms with Crippen LogP contribution in [0.3, 0.4) is 0 Å². The van der Waals surface area contributed by atoms with Crippen LogP contribution in [0.25, 0.3) is 10.9 Å². The van der Waals surface area contributed by atoms with Gasteiger partial charge >= 0.3 is 6.03 Å². The molecule has 0 aliphatic carbocycles. The standard InChI is InChI=1S/C22H24N4O2/c1-13(2)23-22(27)24-17-8-9-18-15(12-17)7-10-20(25-18)26-19-6-4-5-16-11-14(3)28-21(16)19/h4-10,12-14H,11H2,1-3H3,(H,25,26)(H2,23,24,27)/t14-/m1/s1. The number of fused-ring (bicyclic) bond motifs is 2. The highest BCUT2D eigenvalue weighted by molar-refractivity contribution is 5.93. The lowest BCUT2D eigenvalue weighted by atomic mass is 10.1. The normalized spacial score (nSPS) is 15.2. The van der Waals surface area contributed by atoms with Gasteiger partial charge in [-0.1, -0.05) is 12.1 Å². The fourth-order valence-electron chi connectivity index (χ4n) is 3.38. The molecule has 6 heteroatoms. The summed E-state index contributed by atoms with van der Waals surface area (Å²) in [6.45, 7) is 5.92. The molecule has 0 fully saturated rings. The van der Waals surface area contributed by atoms with E-state index in [4.69, 9.17) is 4.74 Å². The minimum Gasteiger partial charge on any atom is -0.488 e. The molecule has 1 aliphatic heterocycles. The molecule has 0 bridgehead atoms. The number of carbonyl (C=O) groups is 1. The van der Waals surface area contributed by atoms with E-state index < -0.39 is 0 Å². The van der Waals surface area contributed by atoms with E-state index in [9.17, 15) is 4.79 Å². The molecule has 0 saturated carbocycles. The second kappa shape index (κ2) is 7.38. The zero-order valence-electron chi connectivity index (χ0n) is 16.2. The van der Waals surface area contributed by atoms with Gasteiger partial charge in [0.2, 0.25) is 0 Å². The van der Waals surface area contributed by atoms with Gasteiger partial charge < -0.3 is 20.7 Å². The van der Waals surface area contributed by atoms with Gasteiger partial charge in [-0.2, -0.15) is 0 Å². The molecule has 2 heterocycles. The highest BCUT2D eigenvalue weighted by Gasteiger charge is 2.21. The van der Waals surface area contributed by atoms with Crippen molar-refractivity contribution in [2.24, 2.45) is 0 Å². The molecule has 0 spiro atoms. The first-order chi connectivity index (χ1) is 13.5. The molecule has 0 saturated heterocycles. The van der Waals surface area contributed by atoms with E-state index >= 15 is 0 Å². The molecule has 1 atom stereocenters. The van der Waals surface area contributed by atoms with E-state index in [-0.39, 0.29) is 18.2 Å². The van der Waals surface area contributed by atoms with Crippen molar-refractivity contribution in [3.8, 4) is 5.75 Å². The Morgan fingerprint density at radius 2 is 2.04 bits per heavy atom. The maximum absolute atomic E-state index is 11.9. The zero-order valence-corrected chi connectivity index (χ0v) is 16.2. The molecule has 2 amide bonds. The van der Waals surface area contributed by atoms with Crippen molar-refractivity contribution >= 4 is 34.1 Å². The van der Waals surface area contributed by atoms with Gasteiger partial charge in [0, 0.05) is 23.5 Å². The molecule has 28 heavy (non-hydrogen) atoms. The lowest BCUT2D eigenvalue weighted by Gasteiger charge is -2.12. The average molecular weight is 376 g/mol. The van der Waals surface area contributed by atoms with Crippen LogP contribution in [0.2, 0.25) is 0 Å². The Bertz CT molecular complexity index is 1030. The van der Waals surface area contributed by atoms with Crippen LogP contribution in [0.4, 0.5) is 22.0 Å². The Morgan fingerprint density at radius 3 is 2.86 bits per heavy atom. The summed E-state index contributed by atoms with van der Waals surface area (Å²) >= 11 is 0. The van der Waals surface area contributed by atoms with Gasteiger partial charge in [0.1, 0.15) is 17.7 Å². The highest BCUT2D eigenvalue weighted by atomic mass is 16.5. The van der Waals surface area contributed by atoms with E-state index in [0.717, 1.165) is 40.3 Å². The van der Waals surface area contributed by atoms with Crippen molar-refractivity contribution in [1.29, 1.82) is 0 Å². The number of hydrogen-bond donors (Lipinski definition) is 3. The molecule has 1 aromatic heterocycles. The van der Waals surface area contributed by atoms with Crippen LogP contribution >= 0.6 is 0 Å². The second-order valence-electron chi connectivity index (χ2n) is 7.41. The number of para-hydroxylation sites is 1. The van der Waals surface area contributed by atoms with Crippen molar-refractivity contribution in [2.45, 2.75) is 39.3 Å². The van der Waals surface area contributed by atoms with E-state index in [0.29, 0.717) is 0 Å². The number of nitrogens with zero attached hydrogens (tertiary/aromatic N) is 1. The number of benzene rings is 2. The second-order valence-corrected chi connectivity index (χ2v) is 7.41. The third kappa shape index (κ3) is 3.86. The van der Waals surface area contributed by atoms with Crippen LogP contribution in [0.15, 0.2) is 48.5 Å². The molecule has 0 unspecified atom stereocenters. The first-order valence-corrected chi connectivity index (χ1v) is 9.52. The Labute approximate surface area is 164 Å². The number of amides is 2. The molecule has 6 nitrogen and oxygen atoms in total. The number of carbonyl (C=O) groups excluding carboxylic acids is 1. The fraction of sp³-hybridized carbons (Fsp3) is 0.273. The van der Waals surface area contributed by atoms with Crippen LogP contribution in [-0.2, 0) is 6.42 Å². The SMILES string of the molecule is CC(C)NC(=O)Nc1ccc2nc(Nc3cccc4c3O[C@H](C)C4)ccc2c1. The van der Waals surface area contributed by atoms with Crippen molar-refractivity contribution in [2.75, 3.05) is 10.6 Å². The summed E-state index contributed by atoms with van der Waals surface area (Å²) in [5.41, 5.74) is 3.73. The summed E-state index contributed by atoms with van der Waals surface area (Å²) in [7, 11) is 0. The predicted molar refractivity (Wildman–Crippen MR) is 113 cm³/mol. The van der Waals surface area contributed by atoms with Crippen LogP contribution in [0.1, 0.15) is 26.3 Å². The molecule has 1 aliphatic rings. The van der Waals surface area contributed by atoms with Gasteiger partial charge in [-0.3, -0.25) is 0 Å². The van der Waals surface area contributed by atoms with Gasteiger partial charge in [0.05, 0.1) is 11.2 Å². The summed E-state index contributed by atoms with van der Waals surface area (Å²) in [6.07, 6.45) is 1.12. The van der Waals surface area contributed by atoms with E-state index in [2.05, 4.69) is 33.9 Å². The Balaban J connectivity index is 1.54. The summed E-state index contributed by atoms with van der Waals surface area (Å²) in [6, 6.07) is 15.6. The number of urea groups is 1. The van der Waals surface area contributed by atoms with Gasteiger partial charge in [-0.05, 0) is 62.7 Å². The number of aromatic nitrogens is 1. The van der Waals surface area contributed by atoms with Gasteiger partial charge in [0.25, 0.3) is 0 Å². The average Bonchev–Trinajstić information content (AvgIpc) is 3.02. The Hall–Kier alpha value is -3.28. The van der Waals surface area contributed by atoms with Crippen molar-refractivity contribution in [3.05, 3.63) is 54.1 Å². The smallest absolute Gasteiger partial charge is 0.319 e. The third-order valence-corrected chi connectivity index (χ3v) is 4.55. The summed E-state index contributed by atoms with van der Waals surface area (Å²) in [4.78, 5) is 16.6. The molecular formula is C22H24N4O2. The first kappa shape index (κ1) is 18.1. The topological polar surface area (TPSA) is 75.3 Å². The summed E-state index contributed by atoms with van der Waals surface area (Å²) in [5, 5.41) is 9.98. The Kier molecular flexibility index (Phi) is 4.77. The highest BCUT2D eigenvalue weighted by Crippen LogP contribution is 2.37. The lowest BCUT2D eigenvalue weighted by molar-refractivity contribution is 0.250. The molecule has 2 aromatic carbocycles. The fourth-order valence-corrected chi connectivity index (χ4v) is 3.38. The molecule has 144 valence electrons. The van der Waals surface area contributed by atoms with Crippen molar-refractivity contribution < 1.29 is 9.53 Å². The number of nitrogens with one attached hydrogen (secondary N) is 3. The number of pyridine rings is 1. The predicted octanol–water partition coefficient (Wildman–Crippen LogP) is 4.83. The quantitative estimate of drug-likeness (QED) is 0.609. The van der Waals surface area contributed by atoms with Gasteiger partial charge in [0.15, 0.2) is 0 Å². The largest absolute Gasteiger partial charge is 0.488 e. The molecule has 4 rings (SSSR count). The van der Waals surface area contributed by atoms with Crippen LogP contribution in [0.5, 0.6) is 5.75 Å². The summed E-state index contributed by atoms with van der Waals surface area (Å²) in [5.74, 6) is 1.66. The molecule has 3 aromatic rings. The number of rotatable bonds is 4. The number of hydrogen-bond acceptors (Lipinski definition) is 4. The first-order valence-electron chi connectivity index (χ1n) is 9.52.